The van der Waals surface area contributed by atoms with Gasteiger partial charge in [0.1, 0.15) is 0 Å². The Kier molecular flexibility index (Phi) is 8.60. The number of benzene rings is 1. The summed E-state index contributed by atoms with van der Waals surface area (Å²) in [6.07, 6.45) is 0.707. The average molecular weight is 431 g/mol. The number of methoxy groups -OCH3 is 1. The second-order valence-electron chi connectivity index (χ2n) is 7.00. The standard InChI is InChI=1S/C22H29N3O6/c1-5-12-25-14(3)19(21(28)30-4)20(24-22(25)29)15-8-7-9-16(13-15)23-17(26)10-11-18(27)31-6-2/h7-9,13,20H,5-6,10-12H2,1-4H3,(H,23,26)(H,24,29). The van der Waals surface area contributed by atoms with Crippen LogP contribution in [0, 0.1) is 0 Å². The first-order chi connectivity index (χ1) is 14.8. The van der Waals surface area contributed by atoms with E-state index in [-0.39, 0.29) is 31.4 Å². The molecule has 0 spiro atoms. The molecular weight excluding hydrogens is 402 g/mol. The molecule has 1 aromatic carbocycles. The number of esters is 2. The number of allylic oxidation sites excluding steroid dienone is 1. The van der Waals surface area contributed by atoms with Gasteiger partial charge in [0, 0.05) is 24.4 Å². The van der Waals surface area contributed by atoms with Crippen molar-refractivity contribution >= 4 is 29.6 Å². The van der Waals surface area contributed by atoms with Crippen molar-refractivity contribution in [3.8, 4) is 0 Å². The monoisotopic (exact) mass is 431 g/mol. The molecule has 1 atom stereocenters. The Morgan fingerprint density at radius 2 is 1.94 bits per heavy atom. The summed E-state index contributed by atoms with van der Waals surface area (Å²) in [6, 6.07) is 5.81. The maximum atomic E-state index is 12.6. The molecule has 2 N–H and O–H groups in total. The summed E-state index contributed by atoms with van der Waals surface area (Å²) in [5, 5.41) is 5.58. The van der Waals surface area contributed by atoms with Crippen LogP contribution in [0.5, 0.6) is 0 Å². The molecule has 0 aromatic heterocycles. The van der Waals surface area contributed by atoms with E-state index in [1.54, 1.807) is 38.1 Å². The molecule has 1 heterocycles. The number of ether oxygens (including phenoxy) is 2. The Hall–Kier alpha value is -3.36. The second kappa shape index (κ2) is 11.1. The number of hydrogen-bond acceptors (Lipinski definition) is 6. The lowest BCUT2D eigenvalue weighted by Gasteiger charge is -2.35. The molecular formula is C22H29N3O6. The molecule has 0 saturated heterocycles. The van der Waals surface area contributed by atoms with Crippen molar-refractivity contribution in [2.24, 2.45) is 0 Å². The zero-order chi connectivity index (χ0) is 23.0. The van der Waals surface area contributed by atoms with Gasteiger partial charge in [0.15, 0.2) is 0 Å². The lowest BCUT2D eigenvalue weighted by molar-refractivity contribution is -0.144. The van der Waals surface area contributed by atoms with Crippen LogP contribution in [-0.4, -0.2) is 49.0 Å². The third-order valence-corrected chi connectivity index (χ3v) is 4.81. The van der Waals surface area contributed by atoms with Crippen molar-refractivity contribution < 1.29 is 28.7 Å². The molecule has 1 aliphatic heterocycles. The Morgan fingerprint density at radius 1 is 1.19 bits per heavy atom. The fourth-order valence-electron chi connectivity index (χ4n) is 3.37. The fourth-order valence-corrected chi connectivity index (χ4v) is 3.37. The summed E-state index contributed by atoms with van der Waals surface area (Å²) in [5.74, 6) is -1.31. The highest BCUT2D eigenvalue weighted by Gasteiger charge is 2.36. The number of urea groups is 1. The molecule has 9 heteroatoms. The minimum absolute atomic E-state index is 0.0123. The van der Waals surface area contributed by atoms with Crippen LogP contribution >= 0.6 is 0 Å². The van der Waals surface area contributed by atoms with Crippen molar-refractivity contribution in [1.29, 1.82) is 0 Å². The molecule has 3 amide bonds. The fraction of sp³-hybridized carbons (Fsp3) is 0.455. The first-order valence-corrected chi connectivity index (χ1v) is 10.2. The number of carbonyl (C=O) groups is 4. The summed E-state index contributed by atoms with van der Waals surface area (Å²) in [4.78, 5) is 50.2. The van der Waals surface area contributed by atoms with E-state index >= 15 is 0 Å². The largest absolute Gasteiger partial charge is 0.466 e. The Bertz CT molecular complexity index is 880. The first kappa shape index (κ1) is 23.9. The SMILES string of the molecule is CCCN1C(=O)NC(c2cccc(NC(=O)CCC(=O)OCC)c2)C(C(=O)OC)=C1C. The summed E-state index contributed by atoms with van der Waals surface area (Å²) >= 11 is 0. The van der Waals surface area contributed by atoms with Gasteiger partial charge in [-0.3, -0.25) is 14.5 Å². The molecule has 1 aliphatic rings. The van der Waals surface area contributed by atoms with Crippen molar-refractivity contribution in [1.82, 2.24) is 10.2 Å². The highest BCUT2D eigenvalue weighted by Crippen LogP contribution is 2.32. The molecule has 0 bridgehead atoms. The normalized spacial score (nSPS) is 15.9. The van der Waals surface area contributed by atoms with E-state index in [2.05, 4.69) is 10.6 Å². The van der Waals surface area contributed by atoms with Crippen LogP contribution in [-0.2, 0) is 23.9 Å². The molecule has 0 fully saturated rings. The number of nitrogens with zero attached hydrogens (tertiary/aromatic N) is 1. The van der Waals surface area contributed by atoms with E-state index in [9.17, 15) is 19.2 Å². The van der Waals surface area contributed by atoms with E-state index in [1.165, 1.54) is 12.0 Å². The maximum Gasteiger partial charge on any atom is 0.337 e. The number of rotatable bonds is 9. The molecule has 0 saturated carbocycles. The van der Waals surface area contributed by atoms with E-state index in [0.29, 0.717) is 29.1 Å². The van der Waals surface area contributed by atoms with Crippen LogP contribution in [0.15, 0.2) is 35.5 Å². The topological polar surface area (TPSA) is 114 Å². The predicted octanol–water partition coefficient (Wildman–Crippen LogP) is 2.89. The highest BCUT2D eigenvalue weighted by atomic mass is 16.5. The smallest absolute Gasteiger partial charge is 0.337 e. The number of nitrogens with one attached hydrogen (secondary N) is 2. The summed E-state index contributed by atoms with van der Waals surface area (Å²) in [6.45, 7) is 6.10. The van der Waals surface area contributed by atoms with Crippen LogP contribution in [0.3, 0.4) is 0 Å². The van der Waals surface area contributed by atoms with Crippen LogP contribution in [0.4, 0.5) is 10.5 Å². The number of carbonyl (C=O) groups excluding carboxylic acids is 4. The molecule has 31 heavy (non-hydrogen) atoms. The van der Waals surface area contributed by atoms with Crippen LogP contribution in [0.2, 0.25) is 0 Å². The van der Waals surface area contributed by atoms with Crippen molar-refractivity contribution in [2.75, 3.05) is 25.6 Å². The molecule has 1 aromatic rings. The average Bonchev–Trinajstić information content (AvgIpc) is 2.74. The summed E-state index contributed by atoms with van der Waals surface area (Å²) in [5.41, 5.74) is 1.97. The first-order valence-electron chi connectivity index (χ1n) is 10.2. The Labute approximate surface area is 181 Å². The van der Waals surface area contributed by atoms with E-state index in [4.69, 9.17) is 9.47 Å². The Morgan fingerprint density at radius 3 is 2.58 bits per heavy atom. The third kappa shape index (κ3) is 6.07. The highest BCUT2D eigenvalue weighted by molar-refractivity contribution is 5.95. The Balaban J connectivity index is 2.25. The molecule has 0 radical (unpaired) electrons. The van der Waals surface area contributed by atoms with Gasteiger partial charge in [-0.15, -0.1) is 0 Å². The van der Waals surface area contributed by atoms with Crippen LogP contribution in [0.1, 0.15) is 51.6 Å². The van der Waals surface area contributed by atoms with Gasteiger partial charge in [-0.2, -0.15) is 0 Å². The lowest BCUT2D eigenvalue weighted by Crippen LogP contribution is -2.48. The second-order valence-corrected chi connectivity index (χ2v) is 7.00. The van der Waals surface area contributed by atoms with Gasteiger partial charge in [0.25, 0.3) is 0 Å². The molecule has 1 unspecified atom stereocenters. The van der Waals surface area contributed by atoms with Gasteiger partial charge < -0.3 is 20.1 Å². The minimum Gasteiger partial charge on any atom is -0.466 e. The van der Waals surface area contributed by atoms with Gasteiger partial charge in [-0.05, 0) is 38.0 Å². The van der Waals surface area contributed by atoms with Gasteiger partial charge in [-0.1, -0.05) is 19.1 Å². The lowest BCUT2D eigenvalue weighted by atomic mass is 9.94. The van der Waals surface area contributed by atoms with E-state index < -0.39 is 18.0 Å². The van der Waals surface area contributed by atoms with Gasteiger partial charge in [0.2, 0.25) is 5.91 Å². The van der Waals surface area contributed by atoms with Crippen molar-refractivity contribution in [3.63, 3.8) is 0 Å². The van der Waals surface area contributed by atoms with E-state index in [0.717, 1.165) is 6.42 Å². The number of anilines is 1. The zero-order valence-electron chi connectivity index (χ0n) is 18.3. The quantitative estimate of drug-likeness (QED) is 0.581. The molecule has 0 aliphatic carbocycles. The zero-order valence-corrected chi connectivity index (χ0v) is 18.3. The minimum atomic E-state index is -0.718. The molecule has 2 rings (SSSR count). The van der Waals surface area contributed by atoms with Crippen molar-refractivity contribution in [3.05, 3.63) is 41.1 Å². The summed E-state index contributed by atoms with van der Waals surface area (Å²) in [7, 11) is 1.29. The van der Waals surface area contributed by atoms with Gasteiger partial charge in [0.05, 0.1) is 31.8 Å². The third-order valence-electron chi connectivity index (χ3n) is 4.81. The summed E-state index contributed by atoms with van der Waals surface area (Å²) < 4.78 is 9.77. The molecule has 9 nitrogen and oxygen atoms in total. The van der Waals surface area contributed by atoms with Crippen molar-refractivity contribution in [2.45, 2.75) is 46.1 Å². The number of amides is 3. The predicted molar refractivity (Wildman–Crippen MR) is 114 cm³/mol. The van der Waals surface area contributed by atoms with Gasteiger partial charge in [-0.25, -0.2) is 9.59 Å². The maximum absolute atomic E-state index is 12.6. The van der Waals surface area contributed by atoms with Crippen LogP contribution in [0.25, 0.3) is 0 Å². The number of hydrogen-bond donors (Lipinski definition) is 2. The van der Waals surface area contributed by atoms with E-state index in [1.807, 2.05) is 6.92 Å². The van der Waals surface area contributed by atoms with Crippen LogP contribution < -0.4 is 10.6 Å². The molecule has 168 valence electrons. The van der Waals surface area contributed by atoms with Gasteiger partial charge >= 0.3 is 18.0 Å².